The Morgan fingerprint density at radius 3 is 2.17 bits per heavy atom. The fourth-order valence-corrected chi connectivity index (χ4v) is 4.46. The van der Waals surface area contributed by atoms with E-state index in [1.54, 1.807) is 11.8 Å². The maximum absolute atomic E-state index is 12.4. The Balaban J connectivity index is 1.91. The molecule has 0 unspecified atom stereocenters. The molecule has 2 aliphatic rings. The Morgan fingerprint density at radius 1 is 0.792 bits per heavy atom. The van der Waals surface area contributed by atoms with Crippen molar-refractivity contribution < 1.29 is 14.4 Å². The minimum Gasteiger partial charge on any atom is -0.277 e. The van der Waals surface area contributed by atoms with Gasteiger partial charge in [0.05, 0.1) is 0 Å². The number of urea groups is 1. The van der Waals surface area contributed by atoms with E-state index in [4.69, 9.17) is 0 Å². The molecular formula is C18H14N2O3S. The van der Waals surface area contributed by atoms with Crippen LogP contribution in [0.4, 0.5) is 4.79 Å². The van der Waals surface area contributed by atoms with Gasteiger partial charge in [0.2, 0.25) is 11.8 Å². The number of hydrogen-bond acceptors (Lipinski definition) is 4. The molecule has 2 aliphatic heterocycles. The van der Waals surface area contributed by atoms with Crippen molar-refractivity contribution in [3.05, 3.63) is 65.2 Å². The SMILES string of the molecule is O=C1NC(=O)C([C@@H]2c3ccccc3CSc3ccccc32)C(=O)N1. The fraction of sp³-hybridized carbons (Fsp3) is 0.167. The molecule has 0 spiro atoms. The van der Waals surface area contributed by atoms with Crippen LogP contribution in [-0.4, -0.2) is 17.8 Å². The largest absolute Gasteiger partial charge is 0.328 e. The minimum absolute atomic E-state index is 0.416. The average Bonchev–Trinajstić information content (AvgIpc) is 2.72. The summed E-state index contributed by atoms with van der Waals surface area (Å²) in [7, 11) is 0. The van der Waals surface area contributed by atoms with Gasteiger partial charge in [-0.25, -0.2) is 4.79 Å². The topological polar surface area (TPSA) is 75.3 Å². The van der Waals surface area contributed by atoms with Crippen LogP contribution in [0.15, 0.2) is 53.4 Å². The first kappa shape index (κ1) is 15.0. The predicted molar refractivity (Wildman–Crippen MR) is 89.5 cm³/mol. The van der Waals surface area contributed by atoms with Gasteiger partial charge in [0.15, 0.2) is 0 Å². The molecule has 1 fully saturated rings. The van der Waals surface area contributed by atoms with Gasteiger partial charge in [-0.2, -0.15) is 0 Å². The molecule has 1 saturated heterocycles. The molecule has 2 aromatic rings. The van der Waals surface area contributed by atoms with Crippen LogP contribution in [0.3, 0.4) is 0 Å². The zero-order valence-electron chi connectivity index (χ0n) is 12.6. The molecule has 6 heteroatoms. The van der Waals surface area contributed by atoms with E-state index in [-0.39, 0.29) is 0 Å². The molecule has 24 heavy (non-hydrogen) atoms. The Morgan fingerprint density at radius 2 is 1.42 bits per heavy atom. The maximum Gasteiger partial charge on any atom is 0.328 e. The summed E-state index contributed by atoms with van der Waals surface area (Å²) >= 11 is 1.69. The smallest absolute Gasteiger partial charge is 0.277 e. The number of nitrogens with one attached hydrogen (secondary N) is 2. The second kappa shape index (κ2) is 5.79. The lowest BCUT2D eigenvalue weighted by Gasteiger charge is -2.29. The van der Waals surface area contributed by atoms with Gasteiger partial charge in [-0.05, 0) is 22.8 Å². The molecule has 1 atom stereocenters. The standard InChI is InChI=1S/C18H14N2O3S/c21-16-15(17(22)20-18(23)19-16)14-11-6-2-1-5-10(11)9-24-13-8-4-3-7-12(13)14/h1-8,14-15H,9H2,(H2,19,20,21,22,23)/t14-/m1/s1. The third-order valence-corrected chi connectivity index (χ3v) is 5.54. The van der Waals surface area contributed by atoms with E-state index in [9.17, 15) is 14.4 Å². The summed E-state index contributed by atoms with van der Waals surface area (Å²) in [5.74, 6) is -1.71. The maximum atomic E-state index is 12.4. The quantitative estimate of drug-likeness (QED) is 0.783. The molecule has 5 nitrogen and oxygen atoms in total. The molecule has 4 rings (SSSR count). The van der Waals surface area contributed by atoms with Crippen LogP contribution in [0.5, 0.6) is 0 Å². The molecule has 0 aliphatic carbocycles. The average molecular weight is 338 g/mol. The number of fused-ring (bicyclic) bond motifs is 2. The molecule has 0 bridgehead atoms. The van der Waals surface area contributed by atoms with Crippen LogP contribution in [0, 0.1) is 5.92 Å². The Hall–Kier alpha value is -2.60. The van der Waals surface area contributed by atoms with Crippen molar-refractivity contribution in [2.24, 2.45) is 5.92 Å². The van der Waals surface area contributed by atoms with E-state index in [0.717, 1.165) is 27.3 Å². The molecule has 2 heterocycles. The Kier molecular flexibility index (Phi) is 3.61. The van der Waals surface area contributed by atoms with Gasteiger partial charge in [-0.15, -0.1) is 11.8 Å². The van der Waals surface area contributed by atoms with Gasteiger partial charge >= 0.3 is 6.03 Å². The number of benzene rings is 2. The zero-order chi connectivity index (χ0) is 16.7. The summed E-state index contributed by atoms with van der Waals surface area (Å²) in [5.41, 5.74) is 3.00. The second-order valence-electron chi connectivity index (χ2n) is 5.79. The lowest BCUT2D eigenvalue weighted by Crippen LogP contribution is -2.57. The third kappa shape index (κ3) is 2.39. The van der Waals surface area contributed by atoms with Gasteiger partial charge in [0.1, 0.15) is 5.92 Å². The molecule has 0 radical (unpaired) electrons. The number of amides is 4. The van der Waals surface area contributed by atoms with Crippen molar-refractivity contribution in [1.29, 1.82) is 0 Å². The summed E-state index contributed by atoms with van der Waals surface area (Å²) in [5, 5.41) is 4.44. The zero-order valence-corrected chi connectivity index (χ0v) is 13.4. The van der Waals surface area contributed by atoms with E-state index in [2.05, 4.69) is 10.6 Å². The van der Waals surface area contributed by atoms with E-state index in [1.165, 1.54) is 0 Å². The first-order valence-corrected chi connectivity index (χ1v) is 8.59. The monoisotopic (exact) mass is 338 g/mol. The number of thioether (sulfide) groups is 1. The second-order valence-corrected chi connectivity index (χ2v) is 6.81. The highest BCUT2D eigenvalue weighted by molar-refractivity contribution is 7.98. The van der Waals surface area contributed by atoms with E-state index in [0.29, 0.717) is 0 Å². The van der Waals surface area contributed by atoms with E-state index in [1.807, 2.05) is 48.5 Å². The predicted octanol–water partition coefficient (Wildman–Crippen LogP) is 2.41. The summed E-state index contributed by atoms with van der Waals surface area (Å²) < 4.78 is 0. The van der Waals surface area contributed by atoms with Crippen LogP contribution in [0.25, 0.3) is 0 Å². The van der Waals surface area contributed by atoms with Crippen molar-refractivity contribution in [2.75, 3.05) is 0 Å². The third-order valence-electron chi connectivity index (χ3n) is 4.40. The summed E-state index contributed by atoms with van der Waals surface area (Å²) in [6, 6.07) is 14.9. The number of carbonyl (C=O) groups is 3. The molecule has 4 amide bonds. The first-order valence-electron chi connectivity index (χ1n) is 7.60. The lowest BCUT2D eigenvalue weighted by molar-refractivity contribution is -0.136. The molecule has 2 N–H and O–H groups in total. The molecule has 0 aromatic heterocycles. The van der Waals surface area contributed by atoms with Crippen LogP contribution >= 0.6 is 11.8 Å². The first-order chi connectivity index (χ1) is 11.6. The summed E-state index contributed by atoms with van der Waals surface area (Å²) in [6.45, 7) is 0. The highest BCUT2D eigenvalue weighted by Crippen LogP contribution is 2.44. The van der Waals surface area contributed by atoms with Crippen molar-refractivity contribution in [1.82, 2.24) is 10.6 Å². The highest BCUT2D eigenvalue weighted by Gasteiger charge is 2.43. The highest BCUT2D eigenvalue weighted by atomic mass is 32.2. The molecule has 0 saturated carbocycles. The minimum atomic E-state index is -0.969. The Bertz CT molecular complexity index is 797. The van der Waals surface area contributed by atoms with Crippen LogP contribution < -0.4 is 10.6 Å². The van der Waals surface area contributed by atoms with Crippen LogP contribution in [0.2, 0.25) is 0 Å². The van der Waals surface area contributed by atoms with E-state index >= 15 is 0 Å². The normalized spacial score (nSPS) is 20.5. The van der Waals surface area contributed by atoms with Gasteiger partial charge in [0.25, 0.3) is 0 Å². The van der Waals surface area contributed by atoms with Crippen molar-refractivity contribution in [3.8, 4) is 0 Å². The van der Waals surface area contributed by atoms with Crippen molar-refractivity contribution >= 4 is 29.6 Å². The number of hydrogen-bond donors (Lipinski definition) is 2. The van der Waals surface area contributed by atoms with Gasteiger partial charge < -0.3 is 0 Å². The van der Waals surface area contributed by atoms with Crippen molar-refractivity contribution in [2.45, 2.75) is 16.6 Å². The van der Waals surface area contributed by atoms with E-state index < -0.39 is 29.7 Å². The van der Waals surface area contributed by atoms with Gasteiger partial charge in [-0.3, -0.25) is 20.2 Å². The lowest BCUT2D eigenvalue weighted by atomic mass is 9.77. The molecule has 2 aromatic carbocycles. The molecule has 120 valence electrons. The van der Waals surface area contributed by atoms with Crippen molar-refractivity contribution in [3.63, 3.8) is 0 Å². The summed E-state index contributed by atoms with van der Waals surface area (Å²) in [4.78, 5) is 37.3. The van der Waals surface area contributed by atoms with Crippen LogP contribution in [-0.2, 0) is 15.3 Å². The number of imide groups is 2. The summed E-state index contributed by atoms with van der Waals surface area (Å²) in [6.07, 6.45) is 0. The molecular weight excluding hydrogens is 324 g/mol. The van der Waals surface area contributed by atoms with Crippen LogP contribution in [0.1, 0.15) is 22.6 Å². The van der Waals surface area contributed by atoms with Gasteiger partial charge in [-0.1, -0.05) is 42.5 Å². The Labute approximate surface area is 142 Å². The number of carbonyl (C=O) groups excluding carboxylic acids is 3. The fourth-order valence-electron chi connectivity index (χ4n) is 3.35. The van der Waals surface area contributed by atoms with Gasteiger partial charge in [0, 0.05) is 16.6 Å². The number of barbiturate groups is 1. The number of rotatable bonds is 1.